The van der Waals surface area contributed by atoms with E-state index in [9.17, 15) is 0 Å². The Morgan fingerprint density at radius 3 is 2.50 bits per heavy atom. The van der Waals surface area contributed by atoms with Crippen LogP contribution in [0.1, 0.15) is 57.6 Å². The highest BCUT2D eigenvalue weighted by Crippen LogP contribution is 2.42. The second kappa shape index (κ2) is 6.90. The molecule has 1 saturated carbocycles. The maximum absolute atomic E-state index is 6.05. The Kier molecular flexibility index (Phi) is 5.11. The minimum atomic E-state index is 0.510. The predicted molar refractivity (Wildman–Crippen MR) is 94.4 cm³/mol. The number of hydrogen-bond donors (Lipinski definition) is 1. The Balaban J connectivity index is 1.70. The first-order valence-corrected chi connectivity index (χ1v) is 9.19. The van der Waals surface area contributed by atoms with Crippen LogP contribution in [-0.2, 0) is 0 Å². The third-order valence-corrected chi connectivity index (χ3v) is 5.91. The first-order chi connectivity index (χ1) is 10.6. The average Bonchev–Trinajstić information content (AvgIpc) is 3.34. The Morgan fingerprint density at radius 2 is 1.91 bits per heavy atom. The zero-order valence-corrected chi connectivity index (χ0v) is 14.8. The van der Waals surface area contributed by atoms with Crippen molar-refractivity contribution in [3.8, 4) is 0 Å². The van der Waals surface area contributed by atoms with Crippen molar-refractivity contribution in [3.05, 3.63) is 34.9 Å². The number of halogens is 1. The van der Waals surface area contributed by atoms with E-state index in [0.29, 0.717) is 24.2 Å². The molecule has 4 atom stereocenters. The van der Waals surface area contributed by atoms with Crippen molar-refractivity contribution in [2.45, 2.75) is 70.1 Å². The second-order valence-corrected chi connectivity index (χ2v) is 7.71. The van der Waals surface area contributed by atoms with Gasteiger partial charge in [0.25, 0.3) is 0 Å². The molecule has 122 valence electrons. The van der Waals surface area contributed by atoms with Crippen molar-refractivity contribution in [3.63, 3.8) is 0 Å². The van der Waals surface area contributed by atoms with Crippen molar-refractivity contribution in [1.29, 1.82) is 0 Å². The van der Waals surface area contributed by atoms with E-state index in [-0.39, 0.29) is 0 Å². The van der Waals surface area contributed by atoms with Crippen LogP contribution >= 0.6 is 11.6 Å². The molecule has 0 aromatic heterocycles. The molecule has 0 bridgehead atoms. The number of likely N-dealkylation sites (tertiary alicyclic amines) is 1. The monoisotopic (exact) mass is 320 g/mol. The normalized spacial score (nSPS) is 31.2. The van der Waals surface area contributed by atoms with E-state index in [0.717, 1.165) is 10.9 Å². The lowest BCUT2D eigenvalue weighted by Crippen LogP contribution is -2.51. The fourth-order valence-corrected chi connectivity index (χ4v) is 4.10. The van der Waals surface area contributed by atoms with E-state index in [4.69, 9.17) is 11.6 Å². The molecule has 1 aliphatic heterocycles. The van der Waals surface area contributed by atoms with Crippen molar-refractivity contribution in [2.24, 2.45) is 5.92 Å². The minimum absolute atomic E-state index is 0.510. The van der Waals surface area contributed by atoms with E-state index < -0.39 is 0 Å². The number of benzene rings is 1. The van der Waals surface area contributed by atoms with E-state index in [1.807, 2.05) is 12.1 Å². The van der Waals surface area contributed by atoms with Crippen LogP contribution in [-0.4, -0.2) is 30.1 Å². The topological polar surface area (TPSA) is 15.3 Å². The van der Waals surface area contributed by atoms with Gasteiger partial charge in [0.2, 0.25) is 0 Å². The van der Waals surface area contributed by atoms with Gasteiger partial charge in [-0.1, -0.05) is 30.7 Å². The van der Waals surface area contributed by atoms with Crippen molar-refractivity contribution in [2.75, 3.05) is 7.05 Å². The van der Waals surface area contributed by atoms with Gasteiger partial charge in [0.05, 0.1) is 0 Å². The van der Waals surface area contributed by atoms with Gasteiger partial charge in [-0.25, -0.2) is 0 Å². The molecule has 3 heteroatoms. The Bertz CT molecular complexity index is 483. The van der Waals surface area contributed by atoms with Crippen LogP contribution in [0.3, 0.4) is 0 Å². The molecule has 1 saturated heterocycles. The molecule has 3 rings (SSSR count). The largest absolute Gasteiger partial charge is 0.307 e. The highest BCUT2D eigenvalue weighted by Gasteiger charge is 2.36. The zero-order chi connectivity index (χ0) is 15.7. The summed E-state index contributed by atoms with van der Waals surface area (Å²) in [5.41, 5.74) is 1.41. The summed E-state index contributed by atoms with van der Waals surface area (Å²) in [5.74, 6) is 0.816. The quantitative estimate of drug-likeness (QED) is 0.850. The molecule has 1 aromatic carbocycles. The fraction of sp³-hybridized carbons (Fsp3) is 0.684. The molecule has 1 aromatic rings. The number of nitrogens with zero attached hydrogens (tertiary/aromatic N) is 1. The van der Waals surface area contributed by atoms with Crippen LogP contribution in [0.4, 0.5) is 0 Å². The highest BCUT2D eigenvalue weighted by molar-refractivity contribution is 6.30. The molecule has 1 N–H and O–H groups in total. The summed E-state index contributed by atoms with van der Waals surface area (Å²) in [6.07, 6.45) is 6.49. The van der Waals surface area contributed by atoms with Crippen LogP contribution in [0.2, 0.25) is 5.02 Å². The van der Waals surface area contributed by atoms with Crippen LogP contribution in [0.25, 0.3) is 0 Å². The highest BCUT2D eigenvalue weighted by atomic mass is 35.5. The molecule has 0 amide bonds. The van der Waals surface area contributed by atoms with Gasteiger partial charge >= 0.3 is 0 Å². The lowest BCUT2D eigenvalue weighted by molar-refractivity contribution is 0.0932. The van der Waals surface area contributed by atoms with Crippen LogP contribution in [0.15, 0.2) is 24.3 Å². The first kappa shape index (κ1) is 16.3. The standard InChI is InChI=1S/C19H29ClN2/c1-4-18-12-17(11-13(2)22(18)3)21-19(14-5-6-14)15-7-9-16(20)10-8-15/h7-10,13-14,17-19,21H,4-6,11-12H2,1-3H3. The number of piperidine rings is 1. The summed E-state index contributed by atoms with van der Waals surface area (Å²) in [6.45, 7) is 4.68. The summed E-state index contributed by atoms with van der Waals surface area (Å²) < 4.78 is 0. The van der Waals surface area contributed by atoms with Gasteiger partial charge in [-0.05, 0) is 69.7 Å². The molecular weight excluding hydrogens is 292 g/mol. The molecular formula is C19H29ClN2. The van der Waals surface area contributed by atoms with Gasteiger partial charge < -0.3 is 10.2 Å². The number of hydrogen-bond acceptors (Lipinski definition) is 2. The maximum atomic E-state index is 6.05. The Hall–Kier alpha value is -0.570. The Morgan fingerprint density at radius 1 is 1.23 bits per heavy atom. The summed E-state index contributed by atoms with van der Waals surface area (Å²) in [7, 11) is 2.28. The molecule has 2 aliphatic rings. The van der Waals surface area contributed by atoms with E-state index in [1.54, 1.807) is 0 Å². The number of rotatable bonds is 5. The maximum Gasteiger partial charge on any atom is 0.0406 e. The molecule has 22 heavy (non-hydrogen) atoms. The lowest BCUT2D eigenvalue weighted by Gasteiger charge is -2.43. The second-order valence-electron chi connectivity index (χ2n) is 7.28. The van der Waals surface area contributed by atoms with Crippen LogP contribution in [0, 0.1) is 5.92 Å². The van der Waals surface area contributed by atoms with Gasteiger partial charge in [0.15, 0.2) is 0 Å². The molecule has 1 heterocycles. The molecule has 0 spiro atoms. The van der Waals surface area contributed by atoms with Crippen LogP contribution in [0.5, 0.6) is 0 Å². The Labute approximate surface area is 140 Å². The molecule has 1 aliphatic carbocycles. The van der Waals surface area contributed by atoms with E-state index in [2.05, 4.69) is 43.2 Å². The van der Waals surface area contributed by atoms with Crippen LogP contribution < -0.4 is 5.32 Å². The summed E-state index contributed by atoms with van der Waals surface area (Å²) >= 11 is 6.05. The number of nitrogens with one attached hydrogen (secondary N) is 1. The molecule has 0 radical (unpaired) electrons. The summed E-state index contributed by atoms with van der Waals surface area (Å²) in [4.78, 5) is 2.56. The SMILES string of the molecule is CCC1CC(NC(c2ccc(Cl)cc2)C2CC2)CC(C)N1C. The predicted octanol–water partition coefficient (Wildman–Crippen LogP) is 4.64. The van der Waals surface area contributed by atoms with Gasteiger partial charge in [-0.3, -0.25) is 0 Å². The van der Waals surface area contributed by atoms with Crippen molar-refractivity contribution >= 4 is 11.6 Å². The van der Waals surface area contributed by atoms with Gasteiger partial charge in [-0.15, -0.1) is 0 Å². The third-order valence-electron chi connectivity index (χ3n) is 5.66. The van der Waals surface area contributed by atoms with Gasteiger partial charge in [0.1, 0.15) is 0 Å². The van der Waals surface area contributed by atoms with E-state index >= 15 is 0 Å². The lowest BCUT2D eigenvalue weighted by atomic mass is 9.89. The minimum Gasteiger partial charge on any atom is -0.307 e. The average molecular weight is 321 g/mol. The first-order valence-electron chi connectivity index (χ1n) is 8.82. The van der Waals surface area contributed by atoms with Crippen molar-refractivity contribution < 1.29 is 0 Å². The van der Waals surface area contributed by atoms with E-state index in [1.165, 1.54) is 37.7 Å². The molecule has 2 fully saturated rings. The van der Waals surface area contributed by atoms with Gasteiger partial charge in [-0.2, -0.15) is 0 Å². The van der Waals surface area contributed by atoms with Crippen molar-refractivity contribution in [1.82, 2.24) is 10.2 Å². The zero-order valence-electron chi connectivity index (χ0n) is 14.1. The smallest absolute Gasteiger partial charge is 0.0406 e. The summed E-state index contributed by atoms with van der Waals surface area (Å²) in [5, 5.41) is 4.83. The summed E-state index contributed by atoms with van der Waals surface area (Å²) in [6, 6.07) is 11.0. The third kappa shape index (κ3) is 3.67. The molecule has 2 nitrogen and oxygen atoms in total. The fourth-order valence-electron chi connectivity index (χ4n) is 3.98. The molecule has 4 unspecified atom stereocenters. The van der Waals surface area contributed by atoms with Gasteiger partial charge in [0, 0.05) is 29.2 Å².